The highest BCUT2D eigenvalue weighted by molar-refractivity contribution is 6.05. The normalized spacial score (nSPS) is 14.2. The minimum absolute atomic E-state index is 0.218. The van der Waals surface area contributed by atoms with Gasteiger partial charge in [0.05, 0.1) is 22.8 Å². The van der Waals surface area contributed by atoms with E-state index in [0.717, 1.165) is 49.3 Å². The first-order chi connectivity index (χ1) is 12.2. The molecule has 3 aromatic rings. The van der Waals surface area contributed by atoms with Gasteiger partial charge in [0.25, 0.3) is 5.91 Å². The highest BCUT2D eigenvalue weighted by Gasteiger charge is 2.21. The van der Waals surface area contributed by atoms with Crippen LogP contribution in [0.2, 0.25) is 0 Å². The summed E-state index contributed by atoms with van der Waals surface area (Å²) in [5, 5.41) is 7.08. The van der Waals surface area contributed by atoms with Crippen LogP contribution in [0.3, 0.4) is 0 Å². The molecular formula is C18H20N6O. The number of benzene rings is 1. The molecule has 1 aliphatic rings. The Morgan fingerprint density at radius 2 is 1.88 bits per heavy atom. The fraction of sp³-hybridized carbons (Fsp3) is 0.333. The zero-order valence-corrected chi connectivity index (χ0v) is 14.1. The Hall–Kier alpha value is -2.96. The molecule has 7 heteroatoms. The van der Waals surface area contributed by atoms with Crippen molar-refractivity contribution in [3.05, 3.63) is 42.2 Å². The number of fused-ring (bicyclic) bond motifs is 1. The van der Waals surface area contributed by atoms with E-state index < -0.39 is 0 Å². The summed E-state index contributed by atoms with van der Waals surface area (Å²) in [4.78, 5) is 24.2. The van der Waals surface area contributed by atoms with Crippen LogP contribution < -0.4 is 10.2 Å². The molecule has 1 saturated heterocycles. The van der Waals surface area contributed by atoms with Gasteiger partial charge in [-0.25, -0.2) is 9.97 Å². The number of rotatable bonds is 4. The molecule has 0 bridgehead atoms. The summed E-state index contributed by atoms with van der Waals surface area (Å²) in [7, 11) is 0. The molecule has 0 atom stereocenters. The van der Waals surface area contributed by atoms with E-state index in [4.69, 9.17) is 4.98 Å². The number of nitrogens with zero attached hydrogens (tertiary/aromatic N) is 5. The van der Waals surface area contributed by atoms with Crippen LogP contribution in [0, 0.1) is 0 Å². The molecule has 3 heterocycles. The van der Waals surface area contributed by atoms with Gasteiger partial charge in [0.1, 0.15) is 0 Å². The quantitative estimate of drug-likeness (QED) is 0.793. The van der Waals surface area contributed by atoms with Crippen LogP contribution in [-0.2, 0) is 6.54 Å². The number of aryl methyl sites for hydroxylation is 1. The van der Waals surface area contributed by atoms with Crippen molar-refractivity contribution in [1.29, 1.82) is 0 Å². The molecule has 0 radical (unpaired) electrons. The molecule has 1 aromatic carbocycles. The lowest BCUT2D eigenvalue weighted by Crippen LogP contribution is -2.23. The highest BCUT2D eigenvalue weighted by Crippen LogP contribution is 2.28. The summed E-state index contributed by atoms with van der Waals surface area (Å²) in [5.41, 5.74) is 2.12. The maximum absolute atomic E-state index is 12.6. The molecule has 1 aliphatic heterocycles. The van der Waals surface area contributed by atoms with Crippen LogP contribution in [-0.4, -0.2) is 38.7 Å². The zero-order valence-electron chi connectivity index (χ0n) is 14.1. The third-order valence-electron chi connectivity index (χ3n) is 4.41. The highest BCUT2D eigenvalue weighted by atomic mass is 16.1. The van der Waals surface area contributed by atoms with Gasteiger partial charge in [0.2, 0.25) is 0 Å². The van der Waals surface area contributed by atoms with Crippen molar-refractivity contribution in [3.8, 4) is 0 Å². The summed E-state index contributed by atoms with van der Waals surface area (Å²) < 4.78 is 1.72. The largest absolute Gasteiger partial charge is 0.354 e. The van der Waals surface area contributed by atoms with Crippen molar-refractivity contribution in [2.45, 2.75) is 26.3 Å². The number of para-hydroxylation sites is 2. The van der Waals surface area contributed by atoms with E-state index in [1.807, 2.05) is 31.2 Å². The lowest BCUT2D eigenvalue weighted by atomic mass is 10.3. The fourth-order valence-corrected chi connectivity index (χ4v) is 3.06. The number of carbonyl (C=O) groups excluding carboxylic acids is 1. The third kappa shape index (κ3) is 3.05. The van der Waals surface area contributed by atoms with E-state index in [1.54, 1.807) is 17.1 Å². The van der Waals surface area contributed by atoms with Crippen molar-refractivity contribution in [1.82, 2.24) is 19.7 Å². The first-order valence-electron chi connectivity index (χ1n) is 8.60. The number of anilines is 2. The van der Waals surface area contributed by atoms with Gasteiger partial charge in [0.15, 0.2) is 11.6 Å². The molecule has 1 amide bonds. The molecule has 7 nitrogen and oxygen atoms in total. The van der Waals surface area contributed by atoms with Gasteiger partial charge in [-0.05, 0) is 31.9 Å². The molecule has 128 valence electrons. The lowest BCUT2D eigenvalue weighted by Gasteiger charge is -2.20. The summed E-state index contributed by atoms with van der Waals surface area (Å²) in [6, 6.07) is 7.71. The number of hydrogen-bond donors (Lipinski definition) is 1. The smallest absolute Gasteiger partial charge is 0.260 e. The van der Waals surface area contributed by atoms with Crippen LogP contribution in [0.15, 0.2) is 36.7 Å². The predicted octanol–water partition coefficient (Wildman–Crippen LogP) is 2.70. The number of aromatic nitrogens is 4. The van der Waals surface area contributed by atoms with Gasteiger partial charge in [0, 0.05) is 25.8 Å². The number of amides is 1. The fourth-order valence-electron chi connectivity index (χ4n) is 3.06. The van der Waals surface area contributed by atoms with Gasteiger partial charge >= 0.3 is 0 Å². The summed E-state index contributed by atoms with van der Waals surface area (Å²) in [6.07, 6.45) is 5.57. The molecule has 1 fully saturated rings. The molecular weight excluding hydrogens is 316 g/mol. The molecule has 25 heavy (non-hydrogen) atoms. The first kappa shape index (κ1) is 15.6. The van der Waals surface area contributed by atoms with Crippen LogP contribution in [0.5, 0.6) is 0 Å². The topological polar surface area (TPSA) is 75.9 Å². The molecule has 2 aromatic heterocycles. The average Bonchev–Trinajstić information content (AvgIpc) is 3.32. The number of hydrogen-bond acceptors (Lipinski definition) is 5. The van der Waals surface area contributed by atoms with E-state index in [9.17, 15) is 4.79 Å². The van der Waals surface area contributed by atoms with E-state index >= 15 is 0 Å². The summed E-state index contributed by atoms with van der Waals surface area (Å²) in [5.74, 6) is 1.03. The molecule has 0 unspecified atom stereocenters. The maximum Gasteiger partial charge on any atom is 0.260 e. The monoisotopic (exact) mass is 336 g/mol. The number of carbonyl (C=O) groups is 1. The maximum atomic E-state index is 12.6. The lowest BCUT2D eigenvalue weighted by molar-refractivity contribution is 0.102. The molecule has 0 saturated carbocycles. The zero-order chi connectivity index (χ0) is 17.2. The van der Waals surface area contributed by atoms with Gasteiger partial charge in [-0.2, -0.15) is 5.10 Å². The van der Waals surface area contributed by atoms with E-state index in [1.165, 1.54) is 0 Å². The molecule has 0 spiro atoms. The van der Waals surface area contributed by atoms with E-state index in [0.29, 0.717) is 11.4 Å². The Bertz CT molecular complexity index is 913. The van der Waals surface area contributed by atoms with E-state index in [2.05, 4.69) is 20.3 Å². The van der Waals surface area contributed by atoms with Crippen molar-refractivity contribution < 1.29 is 4.79 Å². The Kier molecular flexibility index (Phi) is 4.05. The van der Waals surface area contributed by atoms with E-state index in [-0.39, 0.29) is 5.91 Å². The standard InChI is InChI=1S/C18H20N6O/c1-2-24-12-13(11-19-24)18(25)22-16-17(23-9-5-6-10-23)21-15-8-4-3-7-14(15)20-16/h3-4,7-8,11-12H,2,5-6,9-10H2,1H3,(H,20,22,25). The van der Waals surface area contributed by atoms with Gasteiger partial charge in [-0.3, -0.25) is 9.48 Å². The van der Waals surface area contributed by atoms with Gasteiger partial charge in [-0.1, -0.05) is 12.1 Å². The van der Waals surface area contributed by atoms with Crippen molar-refractivity contribution in [2.24, 2.45) is 0 Å². The van der Waals surface area contributed by atoms with Crippen molar-refractivity contribution >= 4 is 28.6 Å². The average molecular weight is 336 g/mol. The molecule has 1 N–H and O–H groups in total. The van der Waals surface area contributed by atoms with Crippen molar-refractivity contribution in [2.75, 3.05) is 23.3 Å². The van der Waals surface area contributed by atoms with Crippen LogP contribution in [0.25, 0.3) is 11.0 Å². The second-order valence-electron chi connectivity index (χ2n) is 6.12. The Labute approximate surface area is 145 Å². The Balaban J connectivity index is 1.71. The number of nitrogens with one attached hydrogen (secondary N) is 1. The summed E-state index contributed by atoms with van der Waals surface area (Å²) >= 11 is 0. The second kappa shape index (κ2) is 6.51. The van der Waals surface area contributed by atoms with Gasteiger partial charge < -0.3 is 10.2 Å². The SMILES string of the molecule is CCn1cc(C(=O)Nc2nc3ccccc3nc2N2CCCC2)cn1. The van der Waals surface area contributed by atoms with Crippen LogP contribution in [0.4, 0.5) is 11.6 Å². The first-order valence-corrected chi connectivity index (χ1v) is 8.60. The molecule has 0 aliphatic carbocycles. The summed E-state index contributed by atoms with van der Waals surface area (Å²) in [6.45, 7) is 4.57. The van der Waals surface area contributed by atoms with Crippen molar-refractivity contribution in [3.63, 3.8) is 0 Å². The molecule has 4 rings (SSSR count). The van der Waals surface area contributed by atoms with Crippen LogP contribution in [0.1, 0.15) is 30.1 Å². The van der Waals surface area contributed by atoms with Gasteiger partial charge in [-0.15, -0.1) is 0 Å². The second-order valence-corrected chi connectivity index (χ2v) is 6.12. The predicted molar refractivity (Wildman–Crippen MR) is 96.8 cm³/mol. The third-order valence-corrected chi connectivity index (χ3v) is 4.41. The Morgan fingerprint density at radius 3 is 2.56 bits per heavy atom. The minimum atomic E-state index is -0.218. The minimum Gasteiger partial charge on any atom is -0.354 e. The Morgan fingerprint density at radius 1 is 1.16 bits per heavy atom. The van der Waals surface area contributed by atoms with Crippen LogP contribution >= 0.6 is 0 Å².